The number of aromatic amines is 1. The Morgan fingerprint density at radius 3 is 3.04 bits per heavy atom. The highest BCUT2D eigenvalue weighted by Gasteiger charge is 2.34. The molecule has 136 valence electrons. The Labute approximate surface area is 149 Å². The predicted octanol–water partition coefficient (Wildman–Crippen LogP) is 1.25. The summed E-state index contributed by atoms with van der Waals surface area (Å²) in [6, 6.07) is 5.65. The van der Waals surface area contributed by atoms with E-state index >= 15 is 0 Å². The van der Waals surface area contributed by atoms with Crippen LogP contribution < -0.4 is 9.47 Å². The van der Waals surface area contributed by atoms with Gasteiger partial charge in [0, 0.05) is 30.8 Å². The number of aromatic nitrogens is 2. The van der Waals surface area contributed by atoms with Crippen molar-refractivity contribution in [2.45, 2.75) is 19.4 Å². The first-order valence-electron chi connectivity index (χ1n) is 8.45. The van der Waals surface area contributed by atoms with Crippen LogP contribution in [-0.4, -0.2) is 52.3 Å². The van der Waals surface area contributed by atoms with Gasteiger partial charge >= 0.3 is 5.97 Å². The van der Waals surface area contributed by atoms with Crippen molar-refractivity contribution in [2.75, 3.05) is 20.3 Å². The number of methoxy groups -OCH3 is 1. The molecule has 1 amide bonds. The average Bonchev–Trinajstić information content (AvgIpc) is 3.09. The van der Waals surface area contributed by atoms with Gasteiger partial charge in [-0.2, -0.15) is 5.10 Å². The number of ether oxygens (including phenoxy) is 2. The number of aromatic carboxylic acids is 1. The van der Waals surface area contributed by atoms with E-state index in [1.165, 1.54) is 0 Å². The monoisotopic (exact) mass is 357 g/mol. The van der Waals surface area contributed by atoms with Crippen molar-refractivity contribution in [3.8, 4) is 11.5 Å². The Bertz CT molecular complexity index is 876. The summed E-state index contributed by atoms with van der Waals surface area (Å²) >= 11 is 0. The molecule has 0 saturated carbocycles. The maximum absolute atomic E-state index is 13.0. The van der Waals surface area contributed by atoms with Crippen molar-refractivity contribution in [1.82, 2.24) is 15.1 Å². The molecule has 2 aromatic rings. The number of carboxylic acids is 1. The molecular formula is C18H19N3O5. The van der Waals surface area contributed by atoms with E-state index in [4.69, 9.17) is 9.47 Å². The number of H-pyrrole nitrogens is 1. The number of carbonyl (C=O) groups excluding carboxylic acids is 1. The van der Waals surface area contributed by atoms with Crippen LogP contribution in [0.2, 0.25) is 0 Å². The number of hydrogen-bond acceptors (Lipinski definition) is 5. The summed E-state index contributed by atoms with van der Waals surface area (Å²) in [5.41, 5.74) is 2.32. The summed E-state index contributed by atoms with van der Waals surface area (Å²) in [6.45, 7) is 1.08. The van der Waals surface area contributed by atoms with Crippen molar-refractivity contribution >= 4 is 11.9 Å². The quantitative estimate of drug-likeness (QED) is 0.857. The van der Waals surface area contributed by atoms with Gasteiger partial charge in [0.25, 0.3) is 0 Å². The molecule has 1 atom stereocenters. The molecule has 2 aliphatic heterocycles. The van der Waals surface area contributed by atoms with Crippen LogP contribution in [0.3, 0.4) is 0 Å². The van der Waals surface area contributed by atoms with Crippen molar-refractivity contribution in [1.29, 1.82) is 0 Å². The molecule has 26 heavy (non-hydrogen) atoms. The minimum Gasteiger partial charge on any atom is -0.493 e. The lowest BCUT2D eigenvalue weighted by Crippen LogP contribution is -2.43. The highest BCUT2D eigenvalue weighted by atomic mass is 16.5. The van der Waals surface area contributed by atoms with E-state index in [-0.39, 0.29) is 30.7 Å². The number of fused-ring (bicyclic) bond motifs is 2. The van der Waals surface area contributed by atoms with E-state index < -0.39 is 5.97 Å². The van der Waals surface area contributed by atoms with Crippen LogP contribution in [0.4, 0.5) is 0 Å². The molecule has 3 heterocycles. The molecular weight excluding hydrogens is 338 g/mol. The van der Waals surface area contributed by atoms with Crippen molar-refractivity contribution in [2.24, 2.45) is 5.92 Å². The number of benzene rings is 1. The van der Waals surface area contributed by atoms with Crippen LogP contribution >= 0.6 is 0 Å². The fourth-order valence-electron chi connectivity index (χ4n) is 3.63. The maximum Gasteiger partial charge on any atom is 0.356 e. The summed E-state index contributed by atoms with van der Waals surface area (Å²) in [6.07, 6.45) is 1.14. The second kappa shape index (κ2) is 6.36. The zero-order chi connectivity index (χ0) is 18.3. The largest absolute Gasteiger partial charge is 0.493 e. The molecule has 0 radical (unpaired) electrons. The van der Waals surface area contributed by atoms with Gasteiger partial charge in [-0.05, 0) is 18.1 Å². The van der Waals surface area contributed by atoms with Gasteiger partial charge < -0.3 is 19.5 Å². The van der Waals surface area contributed by atoms with Crippen LogP contribution in [0.15, 0.2) is 18.2 Å². The lowest BCUT2D eigenvalue weighted by Gasteiger charge is -2.32. The third kappa shape index (κ3) is 2.67. The Hall–Kier alpha value is -3.03. The molecule has 8 nitrogen and oxygen atoms in total. The zero-order valence-electron chi connectivity index (χ0n) is 14.3. The van der Waals surface area contributed by atoms with Gasteiger partial charge in [0.15, 0.2) is 17.2 Å². The first-order valence-corrected chi connectivity index (χ1v) is 8.45. The van der Waals surface area contributed by atoms with Gasteiger partial charge in [0.1, 0.15) is 6.61 Å². The van der Waals surface area contributed by atoms with Crippen LogP contribution in [-0.2, 0) is 24.2 Å². The Morgan fingerprint density at radius 2 is 2.27 bits per heavy atom. The minimum atomic E-state index is -1.08. The number of carbonyl (C=O) groups is 2. The van der Waals surface area contributed by atoms with E-state index in [0.717, 1.165) is 11.3 Å². The summed E-state index contributed by atoms with van der Waals surface area (Å²) in [7, 11) is 1.59. The van der Waals surface area contributed by atoms with Gasteiger partial charge in [0.2, 0.25) is 5.91 Å². The first kappa shape index (κ1) is 16.4. The SMILES string of the molecule is COc1cccc2c1OCC(C(=O)N1CCc3[nH]nc(C(=O)O)c3C1)C2. The molecule has 8 heteroatoms. The van der Waals surface area contributed by atoms with Crippen LogP contribution in [0, 0.1) is 5.92 Å². The summed E-state index contributed by atoms with van der Waals surface area (Å²) in [5.74, 6) is -0.0414. The van der Waals surface area contributed by atoms with Gasteiger partial charge in [0.05, 0.1) is 13.0 Å². The second-order valence-electron chi connectivity index (χ2n) is 6.50. The predicted molar refractivity (Wildman–Crippen MR) is 90.4 cm³/mol. The van der Waals surface area contributed by atoms with Gasteiger partial charge in [-0.15, -0.1) is 0 Å². The fourth-order valence-corrected chi connectivity index (χ4v) is 3.63. The molecule has 1 aromatic carbocycles. The smallest absolute Gasteiger partial charge is 0.356 e. The van der Waals surface area contributed by atoms with E-state index in [2.05, 4.69) is 10.2 Å². The van der Waals surface area contributed by atoms with Gasteiger partial charge in [-0.1, -0.05) is 12.1 Å². The molecule has 0 aliphatic carbocycles. The summed E-state index contributed by atoms with van der Waals surface area (Å²) < 4.78 is 11.1. The Balaban J connectivity index is 1.52. The van der Waals surface area contributed by atoms with E-state index in [1.54, 1.807) is 12.0 Å². The number of carboxylic acid groups (broad SMARTS) is 1. The lowest BCUT2D eigenvalue weighted by atomic mass is 9.94. The lowest BCUT2D eigenvalue weighted by molar-refractivity contribution is -0.137. The maximum atomic E-state index is 13.0. The molecule has 0 bridgehead atoms. The fraction of sp³-hybridized carbons (Fsp3) is 0.389. The molecule has 2 N–H and O–H groups in total. The molecule has 1 unspecified atom stereocenters. The number of rotatable bonds is 3. The molecule has 4 rings (SSSR count). The third-order valence-corrected chi connectivity index (χ3v) is 4.97. The number of hydrogen-bond donors (Lipinski definition) is 2. The summed E-state index contributed by atoms with van der Waals surface area (Å²) in [4.78, 5) is 26.0. The highest BCUT2D eigenvalue weighted by molar-refractivity contribution is 5.88. The van der Waals surface area contributed by atoms with Gasteiger partial charge in [-0.25, -0.2) is 4.79 Å². The minimum absolute atomic E-state index is 0.00697. The number of para-hydroxylation sites is 1. The molecule has 0 spiro atoms. The number of nitrogens with one attached hydrogen (secondary N) is 1. The molecule has 0 saturated heterocycles. The Morgan fingerprint density at radius 1 is 1.42 bits per heavy atom. The zero-order valence-corrected chi connectivity index (χ0v) is 14.3. The van der Waals surface area contributed by atoms with E-state index in [9.17, 15) is 14.7 Å². The highest BCUT2D eigenvalue weighted by Crippen LogP contribution is 2.36. The number of nitrogens with zero attached hydrogens (tertiary/aromatic N) is 2. The molecule has 1 aromatic heterocycles. The van der Waals surface area contributed by atoms with Gasteiger partial charge in [-0.3, -0.25) is 9.89 Å². The third-order valence-electron chi connectivity index (χ3n) is 4.97. The van der Waals surface area contributed by atoms with E-state index in [1.807, 2.05) is 18.2 Å². The van der Waals surface area contributed by atoms with Crippen LogP contribution in [0.1, 0.15) is 27.3 Å². The van der Waals surface area contributed by atoms with E-state index in [0.29, 0.717) is 36.4 Å². The normalized spacial score (nSPS) is 18.5. The Kier molecular flexibility index (Phi) is 4.02. The first-order chi connectivity index (χ1) is 12.6. The van der Waals surface area contributed by atoms with Crippen molar-refractivity contribution in [3.63, 3.8) is 0 Å². The standard InChI is InChI=1S/C18H19N3O5/c1-25-14-4-2-3-10-7-11(9-26-16(10)14)17(22)21-6-5-13-12(8-21)15(18(23)24)20-19-13/h2-4,11H,5-9H2,1H3,(H,19,20)(H,23,24). The van der Waals surface area contributed by atoms with Crippen molar-refractivity contribution in [3.05, 3.63) is 40.7 Å². The van der Waals surface area contributed by atoms with Crippen LogP contribution in [0.5, 0.6) is 11.5 Å². The topological polar surface area (TPSA) is 105 Å². The number of amides is 1. The van der Waals surface area contributed by atoms with Crippen LogP contribution in [0.25, 0.3) is 0 Å². The second-order valence-corrected chi connectivity index (χ2v) is 6.50. The molecule has 2 aliphatic rings. The summed E-state index contributed by atoms with van der Waals surface area (Å²) in [5, 5.41) is 15.9. The molecule has 0 fully saturated rings. The van der Waals surface area contributed by atoms with Crippen molar-refractivity contribution < 1.29 is 24.2 Å². The average molecular weight is 357 g/mol.